The number of rotatable bonds is 3. The van der Waals surface area contributed by atoms with Crippen LogP contribution < -0.4 is 4.74 Å². The van der Waals surface area contributed by atoms with Crippen LogP contribution in [0.25, 0.3) is 10.9 Å². The number of hydrogen-bond acceptors (Lipinski definition) is 3. The molecule has 0 fully saturated rings. The molecule has 0 unspecified atom stereocenters. The first-order valence-corrected chi connectivity index (χ1v) is 6.59. The summed E-state index contributed by atoms with van der Waals surface area (Å²) in [6, 6.07) is 5.01. The van der Waals surface area contributed by atoms with E-state index in [2.05, 4.69) is 4.98 Å². The van der Waals surface area contributed by atoms with E-state index >= 15 is 0 Å². The number of aryl methyl sites for hydroxylation is 1. The van der Waals surface area contributed by atoms with Crippen LogP contribution in [-0.2, 0) is 0 Å². The number of nitrogens with zero attached hydrogens (tertiary/aromatic N) is 2. The average molecular weight is 276 g/mol. The summed E-state index contributed by atoms with van der Waals surface area (Å²) in [6.07, 6.45) is 1.07. The number of hydrogen-bond donors (Lipinski definition) is 0. The van der Waals surface area contributed by atoms with Crippen molar-refractivity contribution in [3.63, 3.8) is 0 Å². The molecule has 1 amide bonds. The molecule has 0 radical (unpaired) electrons. The van der Waals surface area contributed by atoms with Crippen molar-refractivity contribution >= 4 is 17.0 Å². The molecule has 0 aliphatic carbocycles. The standard InChI is InChI=1S/C15H17FN2O2/c1-4-18(5-2)15(19)20-14-11-7-6-8-17-12(11)9-10(3)13(14)16/h6-9H,4-5H2,1-3H3. The Morgan fingerprint density at radius 2 is 2.10 bits per heavy atom. The lowest BCUT2D eigenvalue weighted by Crippen LogP contribution is -2.33. The van der Waals surface area contributed by atoms with Crippen LogP contribution in [0, 0.1) is 12.7 Å². The van der Waals surface area contributed by atoms with E-state index in [1.807, 2.05) is 13.8 Å². The lowest BCUT2D eigenvalue weighted by molar-refractivity contribution is 0.156. The van der Waals surface area contributed by atoms with Crippen LogP contribution in [0.5, 0.6) is 5.75 Å². The summed E-state index contributed by atoms with van der Waals surface area (Å²) in [7, 11) is 0. The van der Waals surface area contributed by atoms with Crippen LogP contribution in [-0.4, -0.2) is 29.1 Å². The third kappa shape index (κ3) is 2.57. The van der Waals surface area contributed by atoms with E-state index in [1.165, 1.54) is 4.90 Å². The Bertz CT molecular complexity index is 639. The normalized spacial score (nSPS) is 10.6. The summed E-state index contributed by atoms with van der Waals surface area (Å²) >= 11 is 0. The largest absolute Gasteiger partial charge is 0.415 e. The van der Waals surface area contributed by atoms with E-state index in [0.29, 0.717) is 29.6 Å². The van der Waals surface area contributed by atoms with Crippen molar-refractivity contribution in [3.05, 3.63) is 35.8 Å². The van der Waals surface area contributed by atoms with Crippen LogP contribution >= 0.6 is 0 Å². The average Bonchev–Trinajstić information content (AvgIpc) is 2.45. The topological polar surface area (TPSA) is 42.4 Å². The second kappa shape index (κ2) is 5.86. The van der Waals surface area contributed by atoms with Gasteiger partial charge in [-0.3, -0.25) is 4.98 Å². The fraction of sp³-hybridized carbons (Fsp3) is 0.333. The van der Waals surface area contributed by atoms with Gasteiger partial charge in [0.25, 0.3) is 0 Å². The quantitative estimate of drug-likeness (QED) is 0.861. The molecular formula is C15H17FN2O2. The fourth-order valence-corrected chi connectivity index (χ4v) is 2.02. The molecular weight excluding hydrogens is 259 g/mol. The smallest absolute Gasteiger partial charge is 0.406 e. The van der Waals surface area contributed by atoms with Crippen molar-refractivity contribution < 1.29 is 13.9 Å². The Morgan fingerprint density at radius 3 is 2.75 bits per heavy atom. The molecule has 4 nitrogen and oxygen atoms in total. The molecule has 1 aromatic carbocycles. The second-order valence-corrected chi connectivity index (χ2v) is 4.45. The fourth-order valence-electron chi connectivity index (χ4n) is 2.02. The Balaban J connectivity index is 2.48. The summed E-state index contributed by atoms with van der Waals surface area (Å²) in [4.78, 5) is 17.7. The number of benzene rings is 1. The lowest BCUT2D eigenvalue weighted by atomic mass is 10.1. The van der Waals surface area contributed by atoms with E-state index in [-0.39, 0.29) is 5.75 Å². The van der Waals surface area contributed by atoms with E-state index in [9.17, 15) is 9.18 Å². The highest BCUT2D eigenvalue weighted by Crippen LogP contribution is 2.30. The highest BCUT2D eigenvalue weighted by molar-refractivity contribution is 5.88. The molecule has 0 saturated heterocycles. The highest BCUT2D eigenvalue weighted by Gasteiger charge is 2.19. The van der Waals surface area contributed by atoms with Gasteiger partial charge < -0.3 is 9.64 Å². The van der Waals surface area contributed by atoms with Crippen molar-refractivity contribution in [1.82, 2.24) is 9.88 Å². The third-order valence-corrected chi connectivity index (χ3v) is 3.19. The SMILES string of the molecule is CCN(CC)C(=O)Oc1c(F)c(C)cc2ncccc12. The number of halogens is 1. The Hall–Kier alpha value is -2.17. The molecule has 1 aromatic heterocycles. The summed E-state index contributed by atoms with van der Waals surface area (Å²) in [5.41, 5.74) is 1.01. The predicted octanol–water partition coefficient (Wildman–Crippen LogP) is 3.52. The molecule has 5 heteroatoms. The van der Waals surface area contributed by atoms with Gasteiger partial charge in [0, 0.05) is 24.7 Å². The first-order chi connectivity index (χ1) is 9.58. The van der Waals surface area contributed by atoms with Gasteiger partial charge in [0.2, 0.25) is 0 Å². The molecule has 0 atom stereocenters. The predicted molar refractivity (Wildman–Crippen MR) is 75.4 cm³/mol. The van der Waals surface area contributed by atoms with E-state index in [4.69, 9.17) is 4.74 Å². The van der Waals surface area contributed by atoms with Crippen molar-refractivity contribution in [2.24, 2.45) is 0 Å². The molecule has 2 rings (SSSR count). The van der Waals surface area contributed by atoms with Gasteiger partial charge in [0.1, 0.15) is 0 Å². The monoisotopic (exact) mass is 276 g/mol. The van der Waals surface area contributed by atoms with Crippen molar-refractivity contribution in [1.29, 1.82) is 0 Å². The van der Waals surface area contributed by atoms with Gasteiger partial charge in [-0.15, -0.1) is 0 Å². The molecule has 2 aromatic rings. The van der Waals surface area contributed by atoms with Crippen molar-refractivity contribution in [2.45, 2.75) is 20.8 Å². The number of carbonyl (C=O) groups is 1. The number of pyridine rings is 1. The second-order valence-electron chi connectivity index (χ2n) is 4.45. The summed E-state index contributed by atoms with van der Waals surface area (Å²) in [6.45, 7) is 6.34. The maximum Gasteiger partial charge on any atom is 0.415 e. The zero-order valence-electron chi connectivity index (χ0n) is 11.8. The van der Waals surface area contributed by atoms with Gasteiger partial charge in [0.05, 0.1) is 5.52 Å². The maximum atomic E-state index is 14.2. The molecule has 20 heavy (non-hydrogen) atoms. The zero-order valence-corrected chi connectivity index (χ0v) is 11.8. The minimum Gasteiger partial charge on any atom is -0.406 e. The van der Waals surface area contributed by atoms with Gasteiger partial charge in [-0.2, -0.15) is 0 Å². The summed E-state index contributed by atoms with van der Waals surface area (Å²) in [5, 5.41) is 0.496. The van der Waals surface area contributed by atoms with Crippen LogP contribution in [0.2, 0.25) is 0 Å². The number of ether oxygens (including phenoxy) is 1. The van der Waals surface area contributed by atoms with Crippen LogP contribution in [0.4, 0.5) is 9.18 Å². The van der Waals surface area contributed by atoms with E-state index in [1.54, 1.807) is 31.3 Å². The van der Waals surface area contributed by atoms with Crippen molar-refractivity contribution in [2.75, 3.05) is 13.1 Å². The molecule has 0 N–H and O–H groups in total. The summed E-state index contributed by atoms with van der Waals surface area (Å²) in [5.74, 6) is -0.573. The molecule has 0 spiro atoms. The lowest BCUT2D eigenvalue weighted by Gasteiger charge is -2.19. The van der Waals surface area contributed by atoms with Gasteiger partial charge in [0.15, 0.2) is 11.6 Å². The molecule has 106 valence electrons. The van der Waals surface area contributed by atoms with E-state index < -0.39 is 11.9 Å². The van der Waals surface area contributed by atoms with Crippen LogP contribution in [0.1, 0.15) is 19.4 Å². The Labute approximate surface area is 117 Å². The van der Waals surface area contributed by atoms with Gasteiger partial charge >= 0.3 is 6.09 Å². The molecule has 0 saturated carbocycles. The maximum absolute atomic E-state index is 14.2. The molecule has 0 aliphatic heterocycles. The van der Waals surface area contributed by atoms with Crippen molar-refractivity contribution in [3.8, 4) is 5.75 Å². The van der Waals surface area contributed by atoms with Gasteiger partial charge in [-0.25, -0.2) is 9.18 Å². The number of carbonyl (C=O) groups excluding carboxylic acids is 1. The Morgan fingerprint density at radius 1 is 1.40 bits per heavy atom. The summed E-state index contributed by atoms with van der Waals surface area (Å²) < 4.78 is 19.5. The number of aromatic nitrogens is 1. The minimum absolute atomic E-state index is 0.0509. The third-order valence-electron chi connectivity index (χ3n) is 3.19. The molecule has 0 bridgehead atoms. The molecule has 1 heterocycles. The number of fused-ring (bicyclic) bond motifs is 1. The van der Waals surface area contributed by atoms with Crippen LogP contribution in [0.15, 0.2) is 24.4 Å². The molecule has 0 aliphatic rings. The highest BCUT2D eigenvalue weighted by atomic mass is 19.1. The Kier molecular flexibility index (Phi) is 4.17. The first kappa shape index (κ1) is 14.2. The minimum atomic E-state index is -0.551. The van der Waals surface area contributed by atoms with Gasteiger partial charge in [-0.1, -0.05) is 0 Å². The van der Waals surface area contributed by atoms with Crippen LogP contribution in [0.3, 0.4) is 0 Å². The van der Waals surface area contributed by atoms with E-state index in [0.717, 1.165) is 0 Å². The number of amides is 1. The van der Waals surface area contributed by atoms with Gasteiger partial charge in [-0.05, 0) is 44.5 Å². The zero-order chi connectivity index (χ0) is 14.7. The first-order valence-electron chi connectivity index (χ1n) is 6.59.